The summed E-state index contributed by atoms with van der Waals surface area (Å²) in [6.45, 7) is 0.753. The lowest BCUT2D eigenvalue weighted by Gasteiger charge is -2.52. The molecule has 1 amide bonds. The lowest BCUT2D eigenvalue weighted by atomic mass is 9.68. The number of nitrogens with two attached hydrogens (primary N) is 1. The molecule has 2 fully saturated rings. The van der Waals surface area contributed by atoms with Crippen LogP contribution in [0.2, 0.25) is 5.02 Å². The van der Waals surface area contributed by atoms with Crippen molar-refractivity contribution in [3.05, 3.63) is 28.8 Å². The fraction of sp³-hybridized carbons (Fsp3) is 0.533. The third kappa shape index (κ3) is 2.80. The number of benzene rings is 1. The van der Waals surface area contributed by atoms with Crippen molar-refractivity contribution in [2.24, 2.45) is 11.7 Å². The molecule has 1 saturated heterocycles. The maximum absolute atomic E-state index is 12.4. The molecule has 4 unspecified atom stereocenters. The number of fused-ring (bicyclic) bond motifs is 1. The van der Waals surface area contributed by atoms with Crippen LogP contribution in [-0.4, -0.2) is 37.0 Å². The zero-order valence-electron chi connectivity index (χ0n) is 11.8. The molecule has 1 saturated carbocycles. The molecule has 0 spiro atoms. The number of hydrogen-bond donors (Lipinski definition) is 2. The lowest BCUT2D eigenvalue weighted by molar-refractivity contribution is -0.117. The first-order chi connectivity index (χ1) is 10.1. The second-order valence-electron chi connectivity index (χ2n) is 5.56. The van der Waals surface area contributed by atoms with Gasteiger partial charge in [-0.25, -0.2) is 0 Å². The summed E-state index contributed by atoms with van der Waals surface area (Å²) < 4.78 is 5.74. The smallest absolute Gasteiger partial charge is 0.253 e. The van der Waals surface area contributed by atoms with Crippen molar-refractivity contribution >= 4 is 29.3 Å². The Balaban J connectivity index is 1.72. The molecule has 4 nitrogen and oxygen atoms in total. The molecular weight excluding hydrogens is 308 g/mol. The molecule has 6 heteroatoms. The SMILES string of the molecule is CSc1ccc(Cl)c(C(=O)NC2C(N)C3CCCOC32)c1. The molecule has 3 rings (SSSR count). The van der Waals surface area contributed by atoms with Gasteiger partial charge in [0.2, 0.25) is 0 Å². The average Bonchev–Trinajstić information content (AvgIpc) is 2.52. The Bertz CT molecular complexity index is 554. The first-order valence-electron chi connectivity index (χ1n) is 7.13. The van der Waals surface area contributed by atoms with Gasteiger partial charge >= 0.3 is 0 Å². The van der Waals surface area contributed by atoms with Gasteiger partial charge in [-0.05, 0) is 37.3 Å². The van der Waals surface area contributed by atoms with Crippen LogP contribution in [0.25, 0.3) is 0 Å². The first kappa shape index (κ1) is 15.2. The molecule has 114 valence electrons. The van der Waals surface area contributed by atoms with Crippen LogP contribution in [0, 0.1) is 5.92 Å². The fourth-order valence-electron chi connectivity index (χ4n) is 3.16. The highest BCUT2D eigenvalue weighted by atomic mass is 35.5. The van der Waals surface area contributed by atoms with Gasteiger partial charge in [0.1, 0.15) is 0 Å². The van der Waals surface area contributed by atoms with Crippen LogP contribution in [-0.2, 0) is 4.74 Å². The largest absolute Gasteiger partial charge is 0.376 e. The predicted molar refractivity (Wildman–Crippen MR) is 84.9 cm³/mol. The molecule has 3 N–H and O–H groups in total. The van der Waals surface area contributed by atoms with Gasteiger partial charge in [0.05, 0.1) is 22.7 Å². The molecular formula is C15H19ClN2O2S. The molecule has 1 aromatic carbocycles. The summed E-state index contributed by atoms with van der Waals surface area (Å²) in [7, 11) is 0. The van der Waals surface area contributed by atoms with Crippen molar-refractivity contribution in [2.45, 2.75) is 35.9 Å². The molecule has 0 aromatic heterocycles. The van der Waals surface area contributed by atoms with Crippen molar-refractivity contribution in [1.82, 2.24) is 5.32 Å². The number of nitrogens with one attached hydrogen (secondary N) is 1. The normalized spacial score (nSPS) is 31.2. The summed E-state index contributed by atoms with van der Waals surface area (Å²) >= 11 is 7.71. The van der Waals surface area contributed by atoms with Gasteiger partial charge in [-0.15, -0.1) is 11.8 Å². The number of halogens is 1. The molecule has 0 bridgehead atoms. The monoisotopic (exact) mass is 326 g/mol. The van der Waals surface area contributed by atoms with E-state index in [-0.39, 0.29) is 24.1 Å². The van der Waals surface area contributed by atoms with E-state index in [4.69, 9.17) is 22.1 Å². The van der Waals surface area contributed by atoms with Crippen molar-refractivity contribution in [3.8, 4) is 0 Å². The van der Waals surface area contributed by atoms with E-state index in [2.05, 4.69) is 5.32 Å². The van der Waals surface area contributed by atoms with Crippen molar-refractivity contribution in [3.63, 3.8) is 0 Å². The number of ether oxygens (including phenoxy) is 1. The minimum atomic E-state index is -0.177. The third-order valence-corrected chi connectivity index (χ3v) is 5.45. The van der Waals surface area contributed by atoms with E-state index in [0.717, 1.165) is 24.3 Å². The summed E-state index contributed by atoms with van der Waals surface area (Å²) in [6.07, 6.45) is 4.16. The molecule has 1 aromatic rings. The van der Waals surface area contributed by atoms with Crippen LogP contribution in [0.3, 0.4) is 0 Å². The number of amides is 1. The van der Waals surface area contributed by atoms with Crippen LogP contribution < -0.4 is 11.1 Å². The Hall–Kier alpha value is -0.750. The van der Waals surface area contributed by atoms with Gasteiger partial charge in [-0.3, -0.25) is 4.79 Å². The quantitative estimate of drug-likeness (QED) is 0.837. The number of carbonyl (C=O) groups excluding carboxylic acids is 1. The van der Waals surface area contributed by atoms with E-state index in [1.165, 1.54) is 0 Å². The second kappa shape index (κ2) is 6.16. The van der Waals surface area contributed by atoms with E-state index in [1.807, 2.05) is 18.4 Å². The standard InChI is InChI=1S/C15H19ClN2O2S/c1-21-8-4-5-11(16)10(7-8)15(19)18-13-12(17)9-3-2-6-20-14(9)13/h4-5,7,9,12-14H,2-3,6,17H2,1H3,(H,18,19). The highest BCUT2D eigenvalue weighted by Crippen LogP contribution is 2.37. The number of rotatable bonds is 3. The minimum Gasteiger partial charge on any atom is -0.376 e. The predicted octanol–water partition coefficient (Wildman–Crippen LogP) is 2.30. The van der Waals surface area contributed by atoms with E-state index in [1.54, 1.807) is 17.8 Å². The number of hydrogen-bond acceptors (Lipinski definition) is 4. The zero-order chi connectivity index (χ0) is 15.0. The van der Waals surface area contributed by atoms with Crippen molar-refractivity contribution in [1.29, 1.82) is 0 Å². The summed E-state index contributed by atoms with van der Waals surface area (Å²) in [4.78, 5) is 13.4. The van der Waals surface area contributed by atoms with Crippen LogP contribution in [0.1, 0.15) is 23.2 Å². The van der Waals surface area contributed by atoms with Gasteiger partial charge in [0, 0.05) is 23.5 Å². The van der Waals surface area contributed by atoms with Gasteiger partial charge in [-0.2, -0.15) is 0 Å². The number of thioether (sulfide) groups is 1. The van der Waals surface area contributed by atoms with E-state index in [9.17, 15) is 4.79 Å². The van der Waals surface area contributed by atoms with Gasteiger partial charge in [-0.1, -0.05) is 11.6 Å². The highest BCUT2D eigenvalue weighted by molar-refractivity contribution is 7.98. The Kier molecular flexibility index (Phi) is 4.45. The van der Waals surface area contributed by atoms with Crippen molar-refractivity contribution in [2.75, 3.05) is 12.9 Å². The first-order valence-corrected chi connectivity index (χ1v) is 8.73. The molecule has 21 heavy (non-hydrogen) atoms. The third-order valence-electron chi connectivity index (χ3n) is 4.39. The minimum absolute atomic E-state index is 0.0261. The maximum atomic E-state index is 12.4. The molecule has 2 aliphatic rings. The Morgan fingerprint density at radius 3 is 3.10 bits per heavy atom. The lowest BCUT2D eigenvalue weighted by Crippen LogP contribution is -2.72. The van der Waals surface area contributed by atoms with E-state index < -0.39 is 0 Å². The molecule has 1 aliphatic heterocycles. The maximum Gasteiger partial charge on any atom is 0.253 e. The summed E-state index contributed by atoms with van der Waals surface area (Å²) in [5, 5.41) is 3.45. The molecule has 0 radical (unpaired) electrons. The molecule has 1 heterocycles. The molecule has 4 atom stereocenters. The molecule has 1 aliphatic carbocycles. The second-order valence-corrected chi connectivity index (χ2v) is 6.85. The summed E-state index contributed by atoms with van der Waals surface area (Å²) in [5.41, 5.74) is 6.66. The van der Waals surface area contributed by atoms with Crippen molar-refractivity contribution < 1.29 is 9.53 Å². The van der Waals surface area contributed by atoms with Crippen LogP contribution in [0.5, 0.6) is 0 Å². The Labute approximate surface area is 133 Å². The highest BCUT2D eigenvalue weighted by Gasteiger charge is 2.51. The summed E-state index contributed by atoms with van der Waals surface area (Å²) in [5.74, 6) is 0.195. The van der Waals surface area contributed by atoms with Gasteiger partial charge in [0.25, 0.3) is 5.91 Å². The van der Waals surface area contributed by atoms with Crippen LogP contribution in [0.15, 0.2) is 23.1 Å². The van der Waals surface area contributed by atoms with Gasteiger partial charge < -0.3 is 15.8 Å². The van der Waals surface area contributed by atoms with E-state index in [0.29, 0.717) is 16.5 Å². The van der Waals surface area contributed by atoms with Crippen LogP contribution in [0.4, 0.5) is 0 Å². The Morgan fingerprint density at radius 2 is 2.33 bits per heavy atom. The number of carbonyl (C=O) groups is 1. The average molecular weight is 327 g/mol. The van der Waals surface area contributed by atoms with Crippen LogP contribution >= 0.6 is 23.4 Å². The topological polar surface area (TPSA) is 64.4 Å². The Morgan fingerprint density at radius 1 is 1.52 bits per heavy atom. The summed E-state index contributed by atoms with van der Waals surface area (Å²) in [6, 6.07) is 5.33. The van der Waals surface area contributed by atoms with Gasteiger partial charge in [0.15, 0.2) is 0 Å². The van der Waals surface area contributed by atoms with E-state index >= 15 is 0 Å². The fourth-order valence-corrected chi connectivity index (χ4v) is 3.80. The zero-order valence-corrected chi connectivity index (χ0v) is 13.4.